The summed E-state index contributed by atoms with van der Waals surface area (Å²) in [6.07, 6.45) is 1.77. The van der Waals surface area contributed by atoms with Crippen molar-refractivity contribution >= 4 is 45.2 Å². The van der Waals surface area contributed by atoms with Crippen LogP contribution >= 0.6 is 0 Å². The Morgan fingerprint density at radius 2 is 1.68 bits per heavy atom. The van der Waals surface area contributed by atoms with Crippen molar-refractivity contribution in [1.29, 1.82) is 0 Å². The number of hydrogen-bond donors (Lipinski definition) is 1. The maximum atomic E-state index is 10.6. The molecule has 0 saturated heterocycles. The minimum absolute atomic E-state index is 0.147. The van der Waals surface area contributed by atoms with Gasteiger partial charge in [-0.25, -0.2) is 14.8 Å². The van der Waals surface area contributed by atoms with Gasteiger partial charge in [0.05, 0.1) is 35.0 Å². The molecule has 37 heavy (non-hydrogen) atoms. The maximum absolute atomic E-state index is 10.6. The first-order valence-electron chi connectivity index (χ1n) is 12.2. The van der Waals surface area contributed by atoms with Crippen LogP contribution in [0.25, 0.3) is 27.0 Å². The van der Waals surface area contributed by atoms with Crippen LogP contribution in [0.5, 0.6) is 5.75 Å². The van der Waals surface area contributed by atoms with E-state index in [-0.39, 0.29) is 5.75 Å². The second-order valence-electron chi connectivity index (χ2n) is 9.47. The number of hydrogen-bond acceptors (Lipinski definition) is 5. The minimum atomic E-state index is 0.147. The molecule has 0 amide bonds. The van der Waals surface area contributed by atoms with Crippen LogP contribution in [-0.2, 0) is 0 Å². The van der Waals surface area contributed by atoms with Gasteiger partial charge in [-0.3, -0.25) is 4.90 Å². The quantitative estimate of drug-likeness (QED) is 0.262. The molecule has 0 fully saturated rings. The first-order chi connectivity index (χ1) is 18.0. The smallest absolute Gasteiger partial charge is 0.212 e. The van der Waals surface area contributed by atoms with Crippen LogP contribution in [0.1, 0.15) is 25.3 Å². The zero-order valence-electron chi connectivity index (χ0n) is 20.8. The van der Waals surface area contributed by atoms with Crippen molar-refractivity contribution in [2.45, 2.75) is 19.8 Å². The fraction of sp³-hybridized carbons (Fsp3) is 0.129. The Hall–Kier alpha value is -4.89. The number of fused-ring (bicyclic) bond motifs is 3. The first kappa shape index (κ1) is 22.6. The highest BCUT2D eigenvalue weighted by molar-refractivity contribution is 6.03. The van der Waals surface area contributed by atoms with Crippen LogP contribution in [-0.4, -0.2) is 22.1 Å². The average molecular weight is 484 g/mol. The van der Waals surface area contributed by atoms with Gasteiger partial charge in [0.15, 0.2) is 0 Å². The topological polar surface area (TPSA) is 56.9 Å². The van der Waals surface area contributed by atoms with Crippen molar-refractivity contribution in [1.82, 2.24) is 9.97 Å². The third-order valence-corrected chi connectivity index (χ3v) is 6.92. The molecule has 1 aliphatic rings. The minimum Gasteiger partial charge on any atom is -0.506 e. The Bertz CT molecular complexity index is 1710. The predicted molar refractivity (Wildman–Crippen MR) is 150 cm³/mol. The number of aromatic hydroxyl groups is 1. The molecule has 0 unspecified atom stereocenters. The molecular formula is C31H25N5O. The fourth-order valence-electron chi connectivity index (χ4n) is 5.16. The van der Waals surface area contributed by atoms with E-state index >= 15 is 0 Å². The second-order valence-corrected chi connectivity index (χ2v) is 9.47. The van der Waals surface area contributed by atoms with Gasteiger partial charge in [0, 0.05) is 18.6 Å². The van der Waals surface area contributed by atoms with E-state index in [4.69, 9.17) is 11.6 Å². The molecule has 0 radical (unpaired) electrons. The Labute approximate surface area is 215 Å². The van der Waals surface area contributed by atoms with Gasteiger partial charge in [-0.05, 0) is 65.6 Å². The van der Waals surface area contributed by atoms with Crippen LogP contribution in [0.2, 0.25) is 0 Å². The number of phenolic OH excluding ortho intramolecular Hbond substituents is 1. The highest BCUT2D eigenvalue weighted by atomic mass is 16.3. The summed E-state index contributed by atoms with van der Waals surface area (Å²) in [5, 5.41) is 11.6. The van der Waals surface area contributed by atoms with Crippen molar-refractivity contribution < 1.29 is 5.11 Å². The zero-order valence-corrected chi connectivity index (χ0v) is 20.8. The van der Waals surface area contributed by atoms with E-state index in [9.17, 15) is 5.11 Å². The molecule has 0 spiro atoms. The monoisotopic (exact) mass is 483 g/mol. The Morgan fingerprint density at radius 1 is 0.892 bits per heavy atom. The van der Waals surface area contributed by atoms with Crippen molar-refractivity contribution in [2.24, 2.45) is 0 Å². The van der Waals surface area contributed by atoms with Crippen molar-refractivity contribution in [3.05, 3.63) is 102 Å². The number of para-hydroxylation sites is 2. The molecule has 0 bridgehead atoms. The van der Waals surface area contributed by atoms with E-state index in [1.54, 1.807) is 12.3 Å². The van der Waals surface area contributed by atoms with Crippen molar-refractivity contribution in [2.75, 3.05) is 16.8 Å². The van der Waals surface area contributed by atoms with Gasteiger partial charge in [-0.1, -0.05) is 44.2 Å². The third-order valence-electron chi connectivity index (χ3n) is 6.92. The normalized spacial score (nSPS) is 12.4. The van der Waals surface area contributed by atoms with Gasteiger partial charge in [0.2, 0.25) is 5.69 Å². The SMILES string of the molecule is [C-]#[N+]c1cc(-c2ccc3c(C(C)C)ccc(O)c3n2)cc2c1N(C)c1ccccc1N2c1ccccn1. The van der Waals surface area contributed by atoms with Crippen LogP contribution < -0.4 is 9.80 Å². The molecule has 6 rings (SSSR count). The van der Waals surface area contributed by atoms with Gasteiger partial charge in [-0.15, -0.1) is 0 Å². The standard InChI is InChI=1S/C31H25N5O/c1-19(2)21-13-15-28(37)30-22(21)12-14-23(34-30)20-17-24(32-3)31-27(18-20)36(29-11-7-8-16-33-29)26-10-6-5-9-25(26)35(31)4/h5-19,37H,1-2,4H3. The summed E-state index contributed by atoms with van der Waals surface area (Å²) in [6.45, 7) is 12.3. The number of nitrogens with zero attached hydrogens (tertiary/aromatic N) is 5. The number of rotatable bonds is 3. The second kappa shape index (κ2) is 8.65. The molecule has 5 aromatic rings. The predicted octanol–water partition coefficient (Wildman–Crippen LogP) is 8.23. The van der Waals surface area contributed by atoms with E-state index in [1.165, 1.54) is 0 Å². The molecular weight excluding hydrogens is 458 g/mol. The summed E-state index contributed by atoms with van der Waals surface area (Å²) < 4.78 is 0. The van der Waals surface area contributed by atoms with Gasteiger partial charge in [0.1, 0.15) is 17.1 Å². The number of benzene rings is 3. The maximum Gasteiger partial charge on any atom is 0.212 e. The third kappa shape index (κ3) is 3.56. The van der Waals surface area contributed by atoms with Crippen molar-refractivity contribution in [3.8, 4) is 17.0 Å². The van der Waals surface area contributed by atoms with Crippen LogP contribution in [0, 0.1) is 6.57 Å². The number of aromatic nitrogens is 2. The van der Waals surface area contributed by atoms with Crippen LogP contribution in [0.15, 0.2) is 85.1 Å². The molecule has 3 heterocycles. The molecule has 1 N–H and O–H groups in total. The lowest BCUT2D eigenvalue weighted by atomic mass is 9.96. The summed E-state index contributed by atoms with van der Waals surface area (Å²) >= 11 is 0. The lowest BCUT2D eigenvalue weighted by Crippen LogP contribution is -2.24. The van der Waals surface area contributed by atoms with Gasteiger partial charge in [-0.2, -0.15) is 0 Å². The Morgan fingerprint density at radius 3 is 2.41 bits per heavy atom. The van der Waals surface area contributed by atoms with E-state index in [1.807, 2.05) is 61.6 Å². The van der Waals surface area contributed by atoms with Crippen LogP contribution in [0.4, 0.5) is 34.3 Å². The summed E-state index contributed by atoms with van der Waals surface area (Å²) in [5.74, 6) is 1.22. The Balaban J connectivity index is 1.61. The van der Waals surface area contributed by atoms with E-state index in [2.05, 4.69) is 51.7 Å². The summed E-state index contributed by atoms with van der Waals surface area (Å²) in [6, 6.07) is 25.5. The van der Waals surface area contributed by atoms with Gasteiger partial charge >= 0.3 is 0 Å². The van der Waals surface area contributed by atoms with E-state index in [0.717, 1.165) is 45.1 Å². The van der Waals surface area contributed by atoms with Crippen LogP contribution in [0.3, 0.4) is 0 Å². The highest BCUT2D eigenvalue weighted by Crippen LogP contribution is 2.54. The van der Waals surface area contributed by atoms with Gasteiger partial charge < -0.3 is 10.0 Å². The number of anilines is 5. The summed E-state index contributed by atoms with van der Waals surface area (Å²) in [4.78, 5) is 17.6. The van der Waals surface area contributed by atoms with E-state index < -0.39 is 0 Å². The van der Waals surface area contributed by atoms with E-state index in [0.29, 0.717) is 22.8 Å². The molecule has 3 aromatic carbocycles. The van der Waals surface area contributed by atoms with Crippen molar-refractivity contribution in [3.63, 3.8) is 0 Å². The molecule has 180 valence electrons. The molecule has 1 aliphatic heterocycles. The molecule has 6 nitrogen and oxygen atoms in total. The molecule has 0 aliphatic carbocycles. The first-order valence-corrected chi connectivity index (χ1v) is 12.2. The summed E-state index contributed by atoms with van der Waals surface area (Å²) in [5.41, 5.74) is 7.36. The summed E-state index contributed by atoms with van der Waals surface area (Å²) in [7, 11) is 1.99. The molecule has 0 saturated carbocycles. The number of pyridine rings is 2. The van der Waals surface area contributed by atoms with Gasteiger partial charge in [0.25, 0.3) is 0 Å². The lowest BCUT2D eigenvalue weighted by molar-refractivity contribution is 0.480. The number of phenols is 1. The molecule has 0 atom stereocenters. The fourth-order valence-corrected chi connectivity index (χ4v) is 5.16. The Kier molecular flexibility index (Phi) is 5.27. The highest BCUT2D eigenvalue weighted by Gasteiger charge is 2.31. The lowest BCUT2D eigenvalue weighted by Gasteiger charge is -2.39. The molecule has 6 heteroatoms. The average Bonchev–Trinajstić information content (AvgIpc) is 2.93. The zero-order chi connectivity index (χ0) is 25.7. The molecule has 2 aromatic heterocycles. The largest absolute Gasteiger partial charge is 0.506 e.